The lowest BCUT2D eigenvalue weighted by Crippen LogP contribution is -2.43. The Labute approximate surface area is 112 Å². The van der Waals surface area contributed by atoms with Crippen molar-refractivity contribution < 1.29 is 19.1 Å². The third-order valence-electron chi connectivity index (χ3n) is 3.05. The Bertz CT molecular complexity index is 467. The van der Waals surface area contributed by atoms with Crippen LogP contribution in [0, 0.1) is 6.92 Å². The maximum Gasteiger partial charge on any atom is 0.260 e. The predicted octanol–water partition coefficient (Wildman–Crippen LogP) is 1.05. The molecule has 102 valence electrons. The van der Waals surface area contributed by atoms with E-state index in [1.54, 1.807) is 23.1 Å². The van der Waals surface area contributed by atoms with Gasteiger partial charge in [-0.1, -0.05) is 0 Å². The van der Waals surface area contributed by atoms with Gasteiger partial charge in [-0.25, -0.2) is 0 Å². The molecule has 2 rings (SSSR count). The summed E-state index contributed by atoms with van der Waals surface area (Å²) in [5.74, 6) is 0.592. The van der Waals surface area contributed by atoms with Crippen molar-refractivity contribution in [2.24, 2.45) is 0 Å². The molecule has 5 nitrogen and oxygen atoms in total. The average Bonchev–Trinajstić information content (AvgIpc) is 2.46. The van der Waals surface area contributed by atoms with E-state index in [-0.39, 0.29) is 12.5 Å². The van der Waals surface area contributed by atoms with Crippen LogP contribution in [0.1, 0.15) is 15.9 Å². The van der Waals surface area contributed by atoms with E-state index in [0.29, 0.717) is 37.6 Å². The average molecular weight is 263 g/mol. The highest BCUT2D eigenvalue weighted by atomic mass is 16.5. The van der Waals surface area contributed by atoms with Gasteiger partial charge in [-0.2, -0.15) is 0 Å². The van der Waals surface area contributed by atoms with E-state index in [2.05, 4.69) is 0 Å². The number of morpholine rings is 1. The number of aldehydes is 1. The Morgan fingerprint density at radius 1 is 1.42 bits per heavy atom. The van der Waals surface area contributed by atoms with Crippen molar-refractivity contribution >= 4 is 12.2 Å². The summed E-state index contributed by atoms with van der Waals surface area (Å²) in [6.45, 7) is 4.26. The zero-order chi connectivity index (χ0) is 13.7. The van der Waals surface area contributed by atoms with E-state index in [4.69, 9.17) is 9.47 Å². The summed E-state index contributed by atoms with van der Waals surface area (Å²) in [6.07, 6.45) is 0.787. The molecule has 0 radical (unpaired) electrons. The van der Waals surface area contributed by atoms with Crippen LogP contribution < -0.4 is 4.74 Å². The Hall–Kier alpha value is -1.88. The molecule has 0 atom stereocenters. The standard InChI is InChI=1S/C14H17NO4/c1-11-8-12(9-16)2-3-13(11)19-10-14(17)15-4-6-18-7-5-15/h2-3,8-9H,4-7,10H2,1H3. The lowest BCUT2D eigenvalue weighted by Gasteiger charge is -2.26. The summed E-state index contributed by atoms with van der Waals surface area (Å²) in [6, 6.07) is 5.13. The van der Waals surface area contributed by atoms with Crippen molar-refractivity contribution in [1.29, 1.82) is 0 Å². The van der Waals surface area contributed by atoms with Crippen LogP contribution in [0.5, 0.6) is 5.75 Å². The van der Waals surface area contributed by atoms with E-state index in [1.165, 1.54) is 0 Å². The molecule has 0 spiro atoms. The van der Waals surface area contributed by atoms with Crippen LogP contribution in [-0.4, -0.2) is 50.0 Å². The van der Waals surface area contributed by atoms with Crippen molar-refractivity contribution in [3.63, 3.8) is 0 Å². The molecule has 1 fully saturated rings. The minimum absolute atomic E-state index is 0.0152. The first-order chi connectivity index (χ1) is 9.20. The van der Waals surface area contributed by atoms with Crippen LogP contribution in [0.25, 0.3) is 0 Å². The largest absolute Gasteiger partial charge is 0.483 e. The molecule has 0 aliphatic carbocycles. The number of aryl methyl sites for hydroxylation is 1. The van der Waals surface area contributed by atoms with Crippen LogP contribution in [0.2, 0.25) is 0 Å². The fourth-order valence-electron chi connectivity index (χ4n) is 1.95. The van der Waals surface area contributed by atoms with Gasteiger partial charge in [-0.3, -0.25) is 9.59 Å². The smallest absolute Gasteiger partial charge is 0.260 e. The Morgan fingerprint density at radius 3 is 2.79 bits per heavy atom. The molecule has 1 heterocycles. The highest BCUT2D eigenvalue weighted by Gasteiger charge is 2.17. The second kappa shape index (κ2) is 6.33. The first-order valence-electron chi connectivity index (χ1n) is 6.25. The van der Waals surface area contributed by atoms with E-state index >= 15 is 0 Å². The molecule has 1 saturated heterocycles. The minimum Gasteiger partial charge on any atom is -0.483 e. The summed E-state index contributed by atoms with van der Waals surface area (Å²) in [7, 11) is 0. The Balaban J connectivity index is 1.91. The Morgan fingerprint density at radius 2 is 2.16 bits per heavy atom. The zero-order valence-corrected chi connectivity index (χ0v) is 10.9. The molecule has 0 N–H and O–H groups in total. The quantitative estimate of drug-likeness (QED) is 0.762. The van der Waals surface area contributed by atoms with Gasteiger partial charge in [0.2, 0.25) is 0 Å². The summed E-state index contributed by atoms with van der Waals surface area (Å²) in [4.78, 5) is 24.3. The van der Waals surface area contributed by atoms with Crippen molar-refractivity contribution in [3.8, 4) is 5.75 Å². The lowest BCUT2D eigenvalue weighted by atomic mass is 10.1. The van der Waals surface area contributed by atoms with Gasteiger partial charge in [-0.15, -0.1) is 0 Å². The fourth-order valence-corrected chi connectivity index (χ4v) is 1.95. The van der Waals surface area contributed by atoms with E-state index in [9.17, 15) is 9.59 Å². The second-order valence-electron chi connectivity index (χ2n) is 4.42. The molecule has 0 aromatic heterocycles. The molecule has 19 heavy (non-hydrogen) atoms. The van der Waals surface area contributed by atoms with Crippen LogP contribution in [0.3, 0.4) is 0 Å². The van der Waals surface area contributed by atoms with E-state index in [1.807, 2.05) is 6.92 Å². The predicted molar refractivity (Wildman–Crippen MR) is 69.5 cm³/mol. The van der Waals surface area contributed by atoms with Gasteiger partial charge in [0.15, 0.2) is 6.61 Å². The second-order valence-corrected chi connectivity index (χ2v) is 4.42. The number of hydrogen-bond donors (Lipinski definition) is 0. The summed E-state index contributed by atoms with van der Waals surface area (Å²) < 4.78 is 10.7. The Kier molecular flexibility index (Phi) is 4.52. The first kappa shape index (κ1) is 13.5. The fraction of sp³-hybridized carbons (Fsp3) is 0.429. The molecule has 5 heteroatoms. The SMILES string of the molecule is Cc1cc(C=O)ccc1OCC(=O)N1CCOCC1. The molecule has 1 aliphatic rings. The van der Waals surface area contributed by atoms with Gasteiger partial charge >= 0.3 is 0 Å². The summed E-state index contributed by atoms with van der Waals surface area (Å²) in [5, 5.41) is 0. The zero-order valence-electron chi connectivity index (χ0n) is 10.9. The van der Waals surface area contributed by atoms with Crippen molar-refractivity contribution in [2.75, 3.05) is 32.9 Å². The number of nitrogens with zero attached hydrogens (tertiary/aromatic N) is 1. The molecule has 1 amide bonds. The van der Waals surface area contributed by atoms with Crippen LogP contribution in [0.4, 0.5) is 0 Å². The maximum absolute atomic E-state index is 11.9. The molecule has 0 bridgehead atoms. The minimum atomic E-state index is -0.0397. The van der Waals surface area contributed by atoms with Gasteiger partial charge in [0.25, 0.3) is 5.91 Å². The number of carbonyl (C=O) groups excluding carboxylic acids is 2. The number of carbonyl (C=O) groups is 2. The molecular formula is C14H17NO4. The molecule has 1 aromatic carbocycles. The topological polar surface area (TPSA) is 55.8 Å². The van der Waals surface area contributed by atoms with Crippen molar-refractivity contribution in [3.05, 3.63) is 29.3 Å². The first-order valence-corrected chi connectivity index (χ1v) is 6.25. The van der Waals surface area contributed by atoms with Crippen molar-refractivity contribution in [2.45, 2.75) is 6.92 Å². The number of benzene rings is 1. The number of hydrogen-bond acceptors (Lipinski definition) is 4. The monoisotopic (exact) mass is 263 g/mol. The maximum atomic E-state index is 11.9. The molecule has 1 aliphatic heterocycles. The normalized spacial score (nSPS) is 15.1. The highest BCUT2D eigenvalue weighted by Crippen LogP contribution is 2.18. The van der Waals surface area contributed by atoms with Gasteiger partial charge in [0, 0.05) is 18.7 Å². The van der Waals surface area contributed by atoms with Crippen LogP contribution in [-0.2, 0) is 9.53 Å². The van der Waals surface area contributed by atoms with Gasteiger partial charge in [-0.05, 0) is 30.7 Å². The molecule has 1 aromatic rings. The number of rotatable bonds is 4. The van der Waals surface area contributed by atoms with Gasteiger partial charge in [0.05, 0.1) is 13.2 Å². The number of ether oxygens (including phenoxy) is 2. The van der Waals surface area contributed by atoms with E-state index < -0.39 is 0 Å². The summed E-state index contributed by atoms with van der Waals surface area (Å²) in [5.41, 5.74) is 1.45. The van der Waals surface area contributed by atoms with Gasteiger partial charge in [0.1, 0.15) is 12.0 Å². The molecular weight excluding hydrogens is 246 g/mol. The highest BCUT2D eigenvalue weighted by molar-refractivity contribution is 5.78. The third kappa shape index (κ3) is 3.54. The van der Waals surface area contributed by atoms with Crippen LogP contribution in [0.15, 0.2) is 18.2 Å². The van der Waals surface area contributed by atoms with Gasteiger partial charge < -0.3 is 14.4 Å². The summed E-state index contributed by atoms with van der Waals surface area (Å²) >= 11 is 0. The molecule has 0 saturated carbocycles. The number of amides is 1. The third-order valence-corrected chi connectivity index (χ3v) is 3.05. The lowest BCUT2D eigenvalue weighted by molar-refractivity contribution is -0.137. The molecule has 0 unspecified atom stereocenters. The van der Waals surface area contributed by atoms with Crippen LogP contribution >= 0.6 is 0 Å². The van der Waals surface area contributed by atoms with Crippen molar-refractivity contribution in [1.82, 2.24) is 4.90 Å². The van der Waals surface area contributed by atoms with E-state index in [0.717, 1.165) is 11.8 Å².